The number of ether oxygens (including phenoxy) is 2. The highest BCUT2D eigenvalue weighted by Crippen LogP contribution is 2.32. The van der Waals surface area contributed by atoms with Crippen LogP contribution in [0.5, 0.6) is 5.75 Å². The molecule has 1 saturated carbocycles. The minimum atomic E-state index is -5.93. The lowest BCUT2D eigenvalue weighted by Crippen LogP contribution is -2.38. The molecular formula is C24H24F3N5O7S. The molecule has 0 atom stereocenters. The Labute approximate surface area is 225 Å². The summed E-state index contributed by atoms with van der Waals surface area (Å²) < 4.78 is 76.2. The molecule has 0 saturated heterocycles. The van der Waals surface area contributed by atoms with Gasteiger partial charge < -0.3 is 19.4 Å². The molecule has 0 bridgehead atoms. The Kier molecular flexibility index (Phi) is 7.81. The van der Waals surface area contributed by atoms with Crippen LogP contribution in [0.15, 0.2) is 32.9 Å². The van der Waals surface area contributed by atoms with Gasteiger partial charge >= 0.3 is 21.0 Å². The highest BCUT2D eigenvalue weighted by atomic mass is 32.2. The molecule has 214 valence electrons. The largest absolute Gasteiger partial charge is 0.504 e. The van der Waals surface area contributed by atoms with Crippen molar-refractivity contribution >= 4 is 32.6 Å². The van der Waals surface area contributed by atoms with Gasteiger partial charge in [-0.3, -0.25) is 18.7 Å². The third-order valence-corrected chi connectivity index (χ3v) is 7.47. The van der Waals surface area contributed by atoms with Crippen LogP contribution in [-0.4, -0.2) is 58.8 Å². The minimum Gasteiger partial charge on any atom is -0.491 e. The van der Waals surface area contributed by atoms with E-state index in [0.29, 0.717) is 32.7 Å². The number of aryl methyl sites for hydroxylation is 1. The normalized spacial score (nSPS) is 13.7. The third-order valence-electron chi connectivity index (χ3n) is 6.01. The van der Waals surface area contributed by atoms with Gasteiger partial charge in [0.15, 0.2) is 11.2 Å². The van der Waals surface area contributed by atoms with Crippen LogP contribution in [0.2, 0.25) is 0 Å². The zero-order valence-electron chi connectivity index (χ0n) is 21.5. The highest BCUT2D eigenvalue weighted by molar-refractivity contribution is 7.92. The second kappa shape index (κ2) is 10.8. The summed E-state index contributed by atoms with van der Waals surface area (Å²) in [6, 6.07) is 4.76. The Balaban J connectivity index is 1.75. The molecule has 2 heterocycles. The Bertz CT molecular complexity index is 1770. The number of imidazole rings is 1. The Morgan fingerprint density at radius 3 is 2.48 bits per heavy atom. The Hall–Kier alpha value is -4.10. The second-order valence-electron chi connectivity index (χ2n) is 8.96. The molecule has 16 heteroatoms. The third kappa shape index (κ3) is 5.61. The van der Waals surface area contributed by atoms with E-state index in [1.807, 2.05) is 0 Å². The molecule has 1 aromatic carbocycles. The quantitative estimate of drug-likeness (QED) is 0.307. The predicted molar refractivity (Wildman–Crippen MR) is 136 cm³/mol. The number of halogens is 3. The summed E-state index contributed by atoms with van der Waals surface area (Å²) >= 11 is 0. The van der Waals surface area contributed by atoms with Gasteiger partial charge in [0.2, 0.25) is 11.1 Å². The summed E-state index contributed by atoms with van der Waals surface area (Å²) in [4.78, 5) is 41.2. The molecule has 1 N–H and O–H groups in total. The molecule has 1 fully saturated rings. The van der Waals surface area contributed by atoms with Crippen LogP contribution in [0.25, 0.3) is 11.2 Å². The predicted octanol–water partition coefficient (Wildman–Crippen LogP) is 1.15. The van der Waals surface area contributed by atoms with Crippen molar-refractivity contribution in [3.63, 3.8) is 0 Å². The summed E-state index contributed by atoms with van der Waals surface area (Å²) in [5.41, 5.74) is -7.97. The fourth-order valence-electron chi connectivity index (χ4n) is 3.78. The summed E-state index contributed by atoms with van der Waals surface area (Å²) in [7, 11) is -2.40. The van der Waals surface area contributed by atoms with E-state index in [9.17, 15) is 36.0 Å². The fraction of sp³-hybridized carbons (Fsp3) is 0.417. The van der Waals surface area contributed by atoms with Gasteiger partial charge in [0, 0.05) is 44.4 Å². The summed E-state index contributed by atoms with van der Waals surface area (Å²) in [6.07, 6.45) is 1.59. The molecule has 40 heavy (non-hydrogen) atoms. The van der Waals surface area contributed by atoms with Crippen molar-refractivity contribution in [3.8, 4) is 17.6 Å². The number of aromatic nitrogens is 4. The first kappa shape index (κ1) is 28.9. The van der Waals surface area contributed by atoms with Crippen LogP contribution >= 0.6 is 0 Å². The number of alkyl halides is 3. The number of rotatable bonds is 8. The first-order valence-corrected chi connectivity index (χ1v) is 13.3. The molecule has 3 aromatic rings. The lowest BCUT2D eigenvalue weighted by Gasteiger charge is -2.10. The number of fused-ring (bicyclic) bond motifs is 1. The lowest BCUT2D eigenvalue weighted by atomic mass is 10.2. The molecule has 0 radical (unpaired) electrons. The van der Waals surface area contributed by atoms with E-state index in [0.717, 1.165) is 31.5 Å². The molecule has 2 aromatic heterocycles. The molecule has 0 unspecified atom stereocenters. The van der Waals surface area contributed by atoms with E-state index >= 15 is 0 Å². The van der Waals surface area contributed by atoms with Gasteiger partial charge in [-0.2, -0.15) is 18.2 Å². The van der Waals surface area contributed by atoms with Crippen molar-refractivity contribution < 1.29 is 35.9 Å². The van der Waals surface area contributed by atoms with E-state index in [4.69, 9.17) is 9.47 Å². The van der Waals surface area contributed by atoms with Gasteiger partial charge in [0.25, 0.3) is 5.56 Å². The van der Waals surface area contributed by atoms with Crippen LogP contribution in [0.3, 0.4) is 0 Å². The summed E-state index contributed by atoms with van der Waals surface area (Å²) in [6.45, 7) is 0.0730. The molecule has 1 amide bonds. The number of carbonyl (C=O) groups excluding carboxylic acids is 1. The SMILES string of the molecule is COCCOc1cc(C#CCn2c(=O)n(C)c(=O)c3c2nc(S(=O)(=O)C(F)(F)F)n3C)cc(NC(=O)C2CC2)c1. The highest BCUT2D eigenvalue weighted by Gasteiger charge is 2.50. The second-order valence-corrected chi connectivity index (χ2v) is 10.8. The first-order chi connectivity index (χ1) is 18.8. The van der Waals surface area contributed by atoms with Crippen molar-refractivity contribution in [2.75, 3.05) is 25.6 Å². The van der Waals surface area contributed by atoms with Gasteiger partial charge in [-0.25, -0.2) is 13.2 Å². The molecule has 1 aliphatic carbocycles. The van der Waals surface area contributed by atoms with Gasteiger partial charge in [-0.15, -0.1) is 0 Å². The molecule has 12 nitrogen and oxygen atoms in total. The smallest absolute Gasteiger partial charge is 0.491 e. The minimum absolute atomic E-state index is 0.0592. The number of nitrogens with zero attached hydrogens (tertiary/aromatic N) is 4. The molecule has 0 spiro atoms. The van der Waals surface area contributed by atoms with E-state index in [1.54, 1.807) is 18.2 Å². The van der Waals surface area contributed by atoms with Gasteiger partial charge in [0.05, 0.1) is 13.2 Å². The summed E-state index contributed by atoms with van der Waals surface area (Å²) in [5.74, 6) is 5.65. The van der Waals surface area contributed by atoms with Crippen LogP contribution in [0.1, 0.15) is 18.4 Å². The average Bonchev–Trinajstić information content (AvgIpc) is 3.67. The zero-order chi connectivity index (χ0) is 29.4. The van der Waals surface area contributed by atoms with Gasteiger partial charge in [-0.1, -0.05) is 11.8 Å². The number of benzene rings is 1. The van der Waals surface area contributed by atoms with Crippen molar-refractivity contribution in [1.29, 1.82) is 0 Å². The van der Waals surface area contributed by atoms with Crippen LogP contribution in [-0.2, 0) is 40.0 Å². The Morgan fingerprint density at radius 1 is 1.15 bits per heavy atom. The van der Waals surface area contributed by atoms with Gasteiger partial charge in [0.1, 0.15) is 12.4 Å². The number of anilines is 1. The number of sulfone groups is 1. The number of amides is 1. The van der Waals surface area contributed by atoms with Crippen LogP contribution in [0.4, 0.5) is 18.9 Å². The Morgan fingerprint density at radius 2 is 1.85 bits per heavy atom. The van der Waals surface area contributed by atoms with E-state index in [2.05, 4.69) is 22.1 Å². The van der Waals surface area contributed by atoms with Crippen LogP contribution in [0, 0.1) is 17.8 Å². The number of hydrogen-bond donors (Lipinski definition) is 1. The van der Waals surface area contributed by atoms with E-state index < -0.39 is 49.5 Å². The van der Waals surface area contributed by atoms with E-state index in [-0.39, 0.29) is 18.4 Å². The first-order valence-electron chi connectivity index (χ1n) is 11.8. The average molecular weight is 584 g/mol. The van der Waals surface area contributed by atoms with Crippen molar-refractivity contribution in [2.45, 2.75) is 30.1 Å². The lowest BCUT2D eigenvalue weighted by molar-refractivity contribution is -0.117. The number of methoxy groups -OCH3 is 1. The standard InChI is InChI=1S/C24H24F3N5O7S/c1-30-18-19(29-22(30)40(36,37)24(25,26)27)32(23(35)31(2)21(18)34)8-4-5-14-11-16(28-20(33)15-6-7-15)13-17(12-14)39-10-9-38-3/h11-13,15H,6-10H2,1-3H3,(H,28,33). The summed E-state index contributed by atoms with van der Waals surface area (Å²) in [5, 5.41) is 1.36. The molecular weight excluding hydrogens is 559 g/mol. The number of hydrogen-bond acceptors (Lipinski definition) is 8. The fourth-order valence-corrected chi connectivity index (χ4v) is 4.64. The molecule has 1 aliphatic rings. The maximum absolute atomic E-state index is 13.2. The van der Waals surface area contributed by atoms with Crippen molar-refractivity contribution in [1.82, 2.24) is 18.7 Å². The number of carbonyl (C=O) groups is 1. The monoisotopic (exact) mass is 583 g/mol. The zero-order valence-corrected chi connectivity index (χ0v) is 22.4. The van der Waals surface area contributed by atoms with Crippen molar-refractivity contribution in [3.05, 3.63) is 44.6 Å². The van der Waals surface area contributed by atoms with Crippen molar-refractivity contribution in [2.24, 2.45) is 20.0 Å². The molecule has 0 aliphatic heterocycles. The number of nitrogens with one attached hydrogen (secondary N) is 1. The maximum Gasteiger partial charge on any atom is 0.504 e. The topological polar surface area (TPSA) is 144 Å². The van der Waals surface area contributed by atoms with Crippen LogP contribution < -0.4 is 21.3 Å². The van der Waals surface area contributed by atoms with Gasteiger partial charge in [-0.05, 0) is 25.0 Å². The maximum atomic E-state index is 13.2. The molecule has 4 rings (SSSR count). The van der Waals surface area contributed by atoms with E-state index in [1.165, 1.54) is 7.11 Å².